The summed E-state index contributed by atoms with van der Waals surface area (Å²) >= 11 is 0. The lowest BCUT2D eigenvalue weighted by molar-refractivity contribution is -0.166. The Hall–Kier alpha value is -2.63. The van der Waals surface area contributed by atoms with Crippen molar-refractivity contribution in [1.82, 2.24) is 0 Å². The van der Waals surface area contributed by atoms with E-state index in [0.717, 1.165) is 17.6 Å². The van der Waals surface area contributed by atoms with Crippen LogP contribution in [0.25, 0.3) is 0 Å². The topological polar surface area (TPSA) is 82.8 Å². The Balaban J connectivity index is 2.05. The smallest absolute Gasteiger partial charge is 0.327 e. The van der Waals surface area contributed by atoms with Gasteiger partial charge < -0.3 is 13.9 Å². The first-order valence-corrected chi connectivity index (χ1v) is 9.10. The van der Waals surface area contributed by atoms with E-state index in [1.807, 2.05) is 6.08 Å². The van der Waals surface area contributed by atoms with Crippen LogP contribution in [0, 0.1) is 11.3 Å². The molecule has 0 bridgehead atoms. The van der Waals surface area contributed by atoms with Gasteiger partial charge in [0.05, 0.1) is 26.0 Å². The lowest BCUT2D eigenvalue weighted by Crippen LogP contribution is -2.46. The summed E-state index contributed by atoms with van der Waals surface area (Å²) in [6.45, 7) is 2.06. The molecule has 0 spiro atoms. The number of hydrogen-bond donors (Lipinski definition) is 0. The van der Waals surface area contributed by atoms with Gasteiger partial charge >= 0.3 is 11.9 Å². The molecule has 0 aromatic carbocycles. The zero-order valence-corrected chi connectivity index (χ0v) is 15.9. The summed E-state index contributed by atoms with van der Waals surface area (Å²) in [7, 11) is 2.56. The quantitative estimate of drug-likeness (QED) is 0.446. The molecule has 2 aliphatic rings. The molecule has 6 heteroatoms. The molecular weight excluding hydrogens is 348 g/mol. The van der Waals surface area contributed by atoms with Gasteiger partial charge in [0.15, 0.2) is 11.2 Å². The van der Waals surface area contributed by atoms with Gasteiger partial charge in [0.2, 0.25) is 0 Å². The molecule has 0 radical (unpaired) electrons. The van der Waals surface area contributed by atoms with Gasteiger partial charge in [-0.3, -0.25) is 14.4 Å². The van der Waals surface area contributed by atoms with E-state index >= 15 is 0 Å². The second-order valence-electron chi connectivity index (χ2n) is 7.11. The molecule has 0 N–H and O–H groups in total. The number of ether oxygens (including phenoxy) is 2. The maximum Gasteiger partial charge on any atom is 0.327 e. The van der Waals surface area contributed by atoms with Gasteiger partial charge in [-0.2, -0.15) is 0 Å². The largest absolute Gasteiger partial charge is 0.472 e. The first-order chi connectivity index (χ1) is 13.0. The van der Waals surface area contributed by atoms with E-state index in [-0.39, 0.29) is 18.1 Å². The molecule has 0 saturated heterocycles. The van der Waals surface area contributed by atoms with Crippen LogP contribution in [0.2, 0.25) is 0 Å². The standard InChI is InChI=1S/C21H24O6/c1-13-6-7-17-15(16(13)11-18(22)14-8-10-27-12-14)5-4-9-21(17,19(23)25-2)20(24)26-3/h7-8,10,12-13H,4-6,9,11H2,1-3H3/t13-/m1/s1. The SMILES string of the molecule is COC(=O)C1(C(=O)OC)CCCC2=C(CC(=O)c3ccoc3)[C@H](C)CC=C21. The molecule has 3 rings (SSSR count). The number of Topliss-reactive ketones (excluding diaryl/α,β-unsaturated/α-hetero) is 1. The Kier molecular flexibility index (Phi) is 5.35. The fraction of sp³-hybridized carbons (Fsp3) is 0.476. The molecule has 1 fully saturated rings. The average Bonchev–Trinajstić information content (AvgIpc) is 3.23. The molecule has 1 aromatic heterocycles. The second kappa shape index (κ2) is 7.55. The van der Waals surface area contributed by atoms with Crippen molar-refractivity contribution in [2.45, 2.75) is 39.0 Å². The van der Waals surface area contributed by atoms with Crippen LogP contribution in [0.4, 0.5) is 0 Å². The van der Waals surface area contributed by atoms with Crippen LogP contribution in [0.15, 0.2) is 45.8 Å². The minimum absolute atomic E-state index is 0.0355. The molecule has 2 aliphatic carbocycles. The molecule has 0 amide bonds. The number of hydrogen-bond acceptors (Lipinski definition) is 6. The van der Waals surface area contributed by atoms with E-state index in [1.165, 1.54) is 26.7 Å². The number of methoxy groups -OCH3 is 2. The van der Waals surface area contributed by atoms with Gasteiger partial charge in [0.25, 0.3) is 0 Å². The van der Waals surface area contributed by atoms with Gasteiger partial charge in [-0.1, -0.05) is 18.6 Å². The number of carbonyl (C=O) groups is 3. The van der Waals surface area contributed by atoms with E-state index in [1.54, 1.807) is 6.07 Å². The highest BCUT2D eigenvalue weighted by molar-refractivity contribution is 6.05. The number of carbonyl (C=O) groups excluding carboxylic acids is 3. The lowest BCUT2D eigenvalue weighted by Gasteiger charge is -2.40. The normalized spacial score (nSPS) is 21.1. The number of allylic oxidation sites excluding steroid dienone is 3. The molecule has 144 valence electrons. The highest BCUT2D eigenvalue weighted by Crippen LogP contribution is 2.50. The Labute approximate surface area is 158 Å². The maximum atomic E-state index is 12.7. The fourth-order valence-electron chi connectivity index (χ4n) is 4.26. The third kappa shape index (κ3) is 3.13. The van der Waals surface area contributed by atoms with Crippen molar-refractivity contribution in [3.8, 4) is 0 Å². The summed E-state index contributed by atoms with van der Waals surface area (Å²) in [5.74, 6) is -1.09. The van der Waals surface area contributed by atoms with Gasteiger partial charge in [-0.05, 0) is 48.8 Å². The Morgan fingerprint density at radius 2 is 1.93 bits per heavy atom. The van der Waals surface area contributed by atoms with Crippen LogP contribution in [0.3, 0.4) is 0 Å². The molecule has 27 heavy (non-hydrogen) atoms. The predicted molar refractivity (Wildman–Crippen MR) is 96.9 cm³/mol. The molecule has 1 saturated carbocycles. The van der Waals surface area contributed by atoms with Crippen molar-refractivity contribution in [1.29, 1.82) is 0 Å². The van der Waals surface area contributed by atoms with Gasteiger partial charge in [-0.25, -0.2) is 0 Å². The molecule has 1 aromatic rings. The van der Waals surface area contributed by atoms with Crippen LogP contribution in [-0.4, -0.2) is 31.9 Å². The highest BCUT2D eigenvalue weighted by Gasteiger charge is 2.54. The molecule has 1 heterocycles. The summed E-state index contributed by atoms with van der Waals surface area (Å²) in [5.41, 5.74) is 1.64. The van der Waals surface area contributed by atoms with Gasteiger partial charge in [0.1, 0.15) is 6.26 Å². The molecular formula is C21H24O6. The van der Waals surface area contributed by atoms with Gasteiger partial charge in [-0.15, -0.1) is 0 Å². The van der Waals surface area contributed by atoms with Crippen molar-refractivity contribution in [2.24, 2.45) is 11.3 Å². The zero-order chi connectivity index (χ0) is 19.6. The van der Waals surface area contributed by atoms with E-state index in [0.29, 0.717) is 30.4 Å². The summed E-state index contributed by atoms with van der Waals surface area (Å²) < 4.78 is 15.0. The highest BCUT2D eigenvalue weighted by atomic mass is 16.5. The van der Waals surface area contributed by atoms with Crippen molar-refractivity contribution in [3.63, 3.8) is 0 Å². The minimum Gasteiger partial charge on any atom is -0.472 e. The third-order valence-corrected chi connectivity index (χ3v) is 5.68. The first-order valence-electron chi connectivity index (χ1n) is 9.10. The number of fused-ring (bicyclic) bond motifs is 1. The van der Waals surface area contributed by atoms with Crippen molar-refractivity contribution in [2.75, 3.05) is 14.2 Å². The monoisotopic (exact) mass is 372 g/mol. The summed E-state index contributed by atoms with van der Waals surface area (Å²) in [5, 5.41) is 0. The van der Waals surface area contributed by atoms with Crippen LogP contribution < -0.4 is 0 Å². The van der Waals surface area contributed by atoms with E-state index < -0.39 is 17.4 Å². The molecule has 0 aliphatic heterocycles. The summed E-state index contributed by atoms with van der Waals surface area (Å²) in [6.07, 6.45) is 7.46. The summed E-state index contributed by atoms with van der Waals surface area (Å²) in [6, 6.07) is 1.64. The molecule has 6 nitrogen and oxygen atoms in total. The molecule has 0 unspecified atom stereocenters. The second-order valence-corrected chi connectivity index (χ2v) is 7.11. The van der Waals surface area contributed by atoms with Crippen molar-refractivity contribution >= 4 is 17.7 Å². The Morgan fingerprint density at radius 3 is 2.52 bits per heavy atom. The lowest BCUT2D eigenvalue weighted by atomic mass is 9.63. The number of rotatable bonds is 5. The van der Waals surface area contributed by atoms with E-state index in [4.69, 9.17) is 13.9 Å². The average molecular weight is 372 g/mol. The molecule has 1 atom stereocenters. The van der Waals surface area contributed by atoms with Crippen molar-refractivity contribution in [3.05, 3.63) is 47.0 Å². The third-order valence-electron chi connectivity index (χ3n) is 5.68. The predicted octanol–water partition coefficient (Wildman–Crippen LogP) is 3.63. The number of ketones is 1. The first kappa shape index (κ1) is 19.1. The minimum atomic E-state index is -1.44. The summed E-state index contributed by atoms with van der Waals surface area (Å²) in [4.78, 5) is 38.0. The van der Waals surface area contributed by atoms with Crippen molar-refractivity contribution < 1.29 is 28.3 Å². The Morgan fingerprint density at radius 1 is 1.22 bits per heavy atom. The van der Waals surface area contributed by atoms with Crippen LogP contribution in [0.1, 0.15) is 49.4 Å². The fourth-order valence-corrected chi connectivity index (χ4v) is 4.26. The van der Waals surface area contributed by atoms with E-state index in [9.17, 15) is 14.4 Å². The number of esters is 2. The zero-order valence-electron chi connectivity index (χ0n) is 15.9. The van der Waals surface area contributed by atoms with Gasteiger partial charge in [0, 0.05) is 6.42 Å². The Bertz CT molecular complexity index is 796. The number of furan rings is 1. The maximum absolute atomic E-state index is 12.7. The van der Waals surface area contributed by atoms with E-state index in [2.05, 4.69) is 6.92 Å². The van der Waals surface area contributed by atoms with Crippen LogP contribution in [0.5, 0.6) is 0 Å². The van der Waals surface area contributed by atoms with Crippen LogP contribution in [-0.2, 0) is 19.1 Å². The van der Waals surface area contributed by atoms with Crippen LogP contribution >= 0.6 is 0 Å².